The first kappa shape index (κ1) is 18.7. The fourth-order valence-corrected chi connectivity index (χ4v) is 3.76. The Bertz CT molecular complexity index is 768. The van der Waals surface area contributed by atoms with Gasteiger partial charge in [-0.15, -0.1) is 0 Å². The maximum absolute atomic E-state index is 11.1. The number of nitrogens with one attached hydrogen (secondary N) is 1. The van der Waals surface area contributed by atoms with Gasteiger partial charge >= 0.3 is 5.97 Å². The van der Waals surface area contributed by atoms with Gasteiger partial charge in [-0.05, 0) is 47.1 Å². The van der Waals surface area contributed by atoms with Crippen LogP contribution < -0.4 is 5.32 Å². The lowest BCUT2D eigenvalue weighted by molar-refractivity contribution is 0.0696. The molecule has 3 heteroatoms. The van der Waals surface area contributed by atoms with E-state index in [0.29, 0.717) is 12.1 Å². The van der Waals surface area contributed by atoms with Crippen LogP contribution in [0.1, 0.15) is 67.1 Å². The molecule has 0 amide bonds. The van der Waals surface area contributed by atoms with Gasteiger partial charge < -0.3 is 10.4 Å². The minimum Gasteiger partial charge on any atom is -0.478 e. The predicted octanol–water partition coefficient (Wildman–Crippen LogP) is 4.89. The number of hydrogen-bond acceptors (Lipinski definition) is 2. The summed E-state index contributed by atoms with van der Waals surface area (Å²) in [6, 6.07) is 16.3. The summed E-state index contributed by atoms with van der Waals surface area (Å²) in [6.45, 7) is 8.36. The van der Waals surface area contributed by atoms with Crippen molar-refractivity contribution in [3.05, 3.63) is 70.8 Å². The van der Waals surface area contributed by atoms with E-state index >= 15 is 0 Å². The minimum atomic E-state index is -0.874. The third kappa shape index (κ3) is 3.99. The number of aromatic carboxylic acids is 1. The van der Waals surface area contributed by atoms with Crippen molar-refractivity contribution in [1.29, 1.82) is 0 Å². The van der Waals surface area contributed by atoms with Crippen molar-refractivity contribution in [2.24, 2.45) is 0 Å². The van der Waals surface area contributed by atoms with Crippen LogP contribution in [0.15, 0.2) is 48.5 Å². The number of carboxylic acid groups (broad SMARTS) is 1. The van der Waals surface area contributed by atoms with Crippen molar-refractivity contribution in [3.8, 4) is 0 Å². The minimum absolute atomic E-state index is 0.179. The smallest absolute Gasteiger partial charge is 0.335 e. The molecule has 3 rings (SSSR count). The van der Waals surface area contributed by atoms with Gasteiger partial charge in [-0.25, -0.2) is 4.79 Å². The Morgan fingerprint density at radius 3 is 2.35 bits per heavy atom. The summed E-state index contributed by atoms with van der Waals surface area (Å²) in [5, 5.41) is 12.7. The zero-order valence-corrected chi connectivity index (χ0v) is 16.0. The van der Waals surface area contributed by atoms with Crippen LogP contribution in [-0.2, 0) is 17.4 Å². The Labute approximate surface area is 156 Å². The SMILES string of the molecule is CC(C)(C)c1ccc(C2(CNCc3cccc(C(=O)O)c3)CCC2)cc1. The zero-order valence-electron chi connectivity index (χ0n) is 16.0. The van der Waals surface area contributed by atoms with Gasteiger partial charge in [0.25, 0.3) is 0 Å². The lowest BCUT2D eigenvalue weighted by atomic mass is 9.64. The van der Waals surface area contributed by atoms with E-state index in [-0.39, 0.29) is 10.8 Å². The Hall–Kier alpha value is -2.13. The van der Waals surface area contributed by atoms with Crippen LogP contribution in [0.2, 0.25) is 0 Å². The van der Waals surface area contributed by atoms with Crippen LogP contribution in [0.4, 0.5) is 0 Å². The van der Waals surface area contributed by atoms with Crippen LogP contribution in [0.3, 0.4) is 0 Å². The molecule has 1 aliphatic carbocycles. The highest BCUT2D eigenvalue weighted by Gasteiger charge is 2.38. The molecule has 1 saturated carbocycles. The summed E-state index contributed by atoms with van der Waals surface area (Å²) < 4.78 is 0. The Morgan fingerprint density at radius 2 is 1.81 bits per heavy atom. The van der Waals surface area contributed by atoms with E-state index in [4.69, 9.17) is 5.11 Å². The van der Waals surface area contributed by atoms with Crippen molar-refractivity contribution in [2.45, 2.75) is 57.4 Å². The van der Waals surface area contributed by atoms with Gasteiger partial charge in [-0.1, -0.05) is 63.6 Å². The first-order valence-electron chi connectivity index (χ1n) is 9.44. The second-order valence-electron chi connectivity index (χ2n) is 8.57. The third-order valence-electron chi connectivity index (χ3n) is 5.64. The summed E-state index contributed by atoms with van der Waals surface area (Å²) in [5.41, 5.74) is 4.56. The molecule has 0 spiro atoms. The third-order valence-corrected chi connectivity index (χ3v) is 5.64. The highest BCUT2D eigenvalue weighted by Crippen LogP contribution is 2.43. The van der Waals surface area contributed by atoms with Gasteiger partial charge in [0.2, 0.25) is 0 Å². The Balaban J connectivity index is 1.66. The van der Waals surface area contributed by atoms with E-state index in [9.17, 15) is 4.79 Å². The van der Waals surface area contributed by atoms with Crippen LogP contribution in [0.5, 0.6) is 0 Å². The topological polar surface area (TPSA) is 49.3 Å². The molecule has 1 fully saturated rings. The lowest BCUT2D eigenvalue weighted by Crippen LogP contribution is -2.43. The van der Waals surface area contributed by atoms with E-state index in [1.165, 1.54) is 30.4 Å². The zero-order chi connectivity index (χ0) is 18.8. The average Bonchev–Trinajstić information content (AvgIpc) is 2.57. The van der Waals surface area contributed by atoms with Gasteiger partial charge in [0.15, 0.2) is 0 Å². The van der Waals surface area contributed by atoms with E-state index in [2.05, 4.69) is 50.4 Å². The molecule has 0 atom stereocenters. The molecule has 0 radical (unpaired) electrons. The van der Waals surface area contributed by atoms with Gasteiger partial charge in [0, 0.05) is 18.5 Å². The van der Waals surface area contributed by atoms with E-state index in [0.717, 1.165) is 12.1 Å². The molecule has 2 N–H and O–H groups in total. The van der Waals surface area contributed by atoms with Crippen LogP contribution in [0, 0.1) is 0 Å². The molecule has 2 aromatic rings. The number of benzene rings is 2. The molecule has 0 aromatic heterocycles. The normalized spacial score (nSPS) is 16.1. The molecule has 0 aliphatic heterocycles. The molecule has 0 heterocycles. The number of carboxylic acids is 1. The van der Waals surface area contributed by atoms with Crippen molar-refractivity contribution in [3.63, 3.8) is 0 Å². The molecule has 138 valence electrons. The van der Waals surface area contributed by atoms with E-state index in [1.54, 1.807) is 12.1 Å². The quantitative estimate of drug-likeness (QED) is 0.779. The van der Waals surface area contributed by atoms with Gasteiger partial charge in [-0.3, -0.25) is 0 Å². The molecule has 0 unspecified atom stereocenters. The maximum Gasteiger partial charge on any atom is 0.335 e. The van der Waals surface area contributed by atoms with Gasteiger partial charge in [0.05, 0.1) is 5.56 Å². The van der Waals surface area contributed by atoms with Crippen molar-refractivity contribution >= 4 is 5.97 Å². The highest BCUT2D eigenvalue weighted by molar-refractivity contribution is 5.87. The molecule has 0 bridgehead atoms. The van der Waals surface area contributed by atoms with E-state index < -0.39 is 5.97 Å². The fourth-order valence-electron chi connectivity index (χ4n) is 3.76. The number of rotatable bonds is 6. The summed E-state index contributed by atoms with van der Waals surface area (Å²) in [5.74, 6) is -0.874. The highest BCUT2D eigenvalue weighted by atomic mass is 16.4. The first-order valence-corrected chi connectivity index (χ1v) is 9.44. The summed E-state index contributed by atoms with van der Waals surface area (Å²) in [7, 11) is 0. The molecule has 0 saturated heterocycles. The lowest BCUT2D eigenvalue weighted by Gasteiger charge is -2.43. The van der Waals surface area contributed by atoms with Crippen molar-refractivity contribution in [2.75, 3.05) is 6.54 Å². The summed E-state index contributed by atoms with van der Waals surface area (Å²) in [6.07, 6.45) is 3.70. The molecule has 1 aliphatic rings. The van der Waals surface area contributed by atoms with E-state index in [1.807, 2.05) is 12.1 Å². The summed E-state index contributed by atoms with van der Waals surface area (Å²) in [4.78, 5) is 11.1. The summed E-state index contributed by atoms with van der Waals surface area (Å²) >= 11 is 0. The van der Waals surface area contributed by atoms with Gasteiger partial charge in [0.1, 0.15) is 0 Å². The largest absolute Gasteiger partial charge is 0.478 e. The standard InChI is InChI=1S/C23H29NO2/c1-22(2,3)19-8-10-20(11-9-19)23(12-5-13-23)16-24-15-17-6-4-7-18(14-17)21(25)26/h4,6-11,14,24H,5,12-13,15-16H2,1-3H3,(H,25,26). The van der Waals surface area contributed by atoms with Crippen molar-refractivity contribution in [1.82, 2.24) is 5.32 Å². The maximum atomic E-state index is 11.1. The van der Waals surface area contributed by atoms with Crippen LogP contribution >= 0.6 is 0 Å². The predicted molar refractivity (Wildman–Crippen MR) is 106 cm³/mol. The number of carbonyl (C=O) groups is 1. The Kier molecular flexibility index (Phi) is 5.19. The monoisotopic (exact) mass is 351 g/mol. The molecule has 2 aromatic carbocycles. The van der Waals surface area contributed by atoms with Crippen LogP contribution in [-0.4, -0.2) is 17.6 Å². The van der Waals surface area contributed by atoms with Crippen LogP contribution in [0.25, 0.3) is 0 Å². The van der Waals surface area contributed by atoms with Crippen molar-refractivity contribution < 1.29 is 9.90 Å². The van der Waals surface area contributed by atoms with Gasteiger partial charge in [-0.2, -0.15) is 0 Å². The fraction of sp³-hybridized carbons (Fsp3) is 0.435. The average molecular weight is 351 g/mol. The molecular weight excluding hydrogens is 322 g/mol. The second kappa shape index (κ2) is 7.24. The molecular formula is C23H29NO2. The number of hydrogen-bond donors (Lipinski definition) is 2. The molecule has 26 heavy (non-hydrogen) atoms. The second-order valence-corrected chi connectivity index (χ2v) is 8.57. The molecule has 3 nitrogen and oxygen atoms in total. The Morgan fingerprint density at radius 1 is 1.12 bits per heavy atom. The first-order chi connectivity index (χ1) is 12.3.